The number of alkyl carbamates (subject to hydrolysis) is 1. The van der Waals surface area contributed by atoms with Gasteiger partial charge in [-0.3, -0.25) is 0 Å². The molecule has 0 fully saturated rings. The fraction of sp³-hybridized carbons (Fsp3) is 0.350. The second kappa shape index (κ2) is 9.79. The number of nitrogens with zero attached hydrogens (tertiary/aromatic N) is 4. The molecule has 0 spiro atoms. The van der Waals surface area contributed by atoms with Crippen LogP contribution in [0.1, 0.15) is 44.8 Å². The van der Waals surface area contributed by atoms with Gasteiger partial charge in [-0.15, -0.1) is 10.2 Å². The highest BCUT2D eigenvalue weighted by molar-refractivity contribution is 5.67. The average Bonchev–Trinajstić information content (AvgIpc) is 3.21. The molecule has 0 bridgehead atoms. The molecule has 3 rings (SSSR count). The molecule has 1 N–H and O–H groups in total. The molecule has 0 aliphatic rings. The highest BCUT2D eigenvalue weighted by atomic mass is 19.3. The maximum Gasteiger partial charge on any atom is 0.407 e. The molecule has 0 aliphatic carbocycles. The van der Waals surface area contributed by atoms with Crippen LogP contribution in [0, 0.1) is 11.6 Å². The molecule has 9 nitrogen and oxygen atoms in total. The van der Waals surface area contributed by atoms with Crippen molar-refractivity contribution in [3.8, 4) is 17.5 Å². The van der Waals surface area contributed by atoms with Crippen LogP contribution in [-0.2, 0) is 4.74 Å². The van der Waals surface area contributed by atoms with Crippen LogP contribution >= 0.6 is 0 Å². The van der Waals surface area contributed by atoms with Gasteiger partial charge in [0, 0.05) is 12.4 Å². The Bertz CT molecular complexity index is 1080. The van der Waals surface area contributed by atoms with Gasteiger partial charge < -0.3 is 19.2 Å². The summed E-state index contributed by atoms with van der Waals surface area (Å²) in [6.07, 6.45) is -2.85. The van der Waals surface area contributed by atoms with Gasteiger partial charge in [0.2, 0.25) is 0 Å². The summed E-state index contributed by atoms with van der Waals surface area (Å²) in [5.41, 5.74) is -1.14. The molecule has 3 aromatic rings. The fourth-order valence-electron chi connectivity index (χ4n) is 2.57. The van der Waals surface area contributed by atoms with Crippen molar-refractivity contribution in [2.24, 2.45) is 0 Å². The van der Waals surface area contributed by atoms with E-state index in [1.807, 2.05) is 0 Å². The zero-order valence-electron chi connectivity index (χ0n) is 17.7. The molecule has 0 saturated carbocycles. The maximum atomic E-state index is 14.4. The largest absolute Gasteiger partial charge is 0.453 e. The molecule has 2 heterocycles. The number of amides is 1. The van der Waals surface area contributed by atoms with Crippen LogP contribution < -0.4 is 10.1 Å². The molecule has 33 heavy (non-hydrogen) atoms. The van der Waals surface area contributed by atoms with Crippen molar-refractivity contribution >= 4 is 6.09 Å². The van der Waals surface area contributed by atoms with Crippen molar-refractivity contribution < 1.29 is 36.2 Å². The van der Waals surface area contributed by atoms with E-state index in [2.05, 4.69) is 25.5 Å². The summed E-state index contributed by atoms with van der Waals surface area (Å²) in [6.45, 7) is 4.58. The van der Waals surface area contributed by atoms with E-state index in [0.29, 0.717) is 0 Å². The van der Waals surface area contributed by atoms with Gasteiger partial charge in [0.25, 0.3) is 11.8 Å². The van der Waals surface area contributed by atoms with Gasteiger partial charge in [0.05, 0.1) is 17.7 Å². The molecule has 1 amide bonds. The minimum Gasteiger partial charge on any atom is -0.453 e. The van der Waals surface area contributed by atoms with Crippen molar-refractivity contribution in [2.45, 2.75) is 38.9 Å². The molecule has 2 aromatic heterocycles. The first-order valence-electron chi connectivity index (χ1n) is 9.55. The van der Waals surface area contributed by atoms with E-state index >= 15 is 0 Å². The van der Waals surface area contributed by atoms with Gasteiger partial charge in [0.15, 0.2) is 6.10 Å². The third kappa shape index (κ3) is 6.37. The Kier molecular flexibility index (Phi) is 7.09. The summed E-state index contributed by atoms with van der Waals surface area (Å²) in [7, 11) is 0. The van der Waals surface area contributed by atoms with Gasteiger partial charge in [-0.1, -0.05) is 6.07 Å². The van der Waals surface area contributed by atoms with E-state index in [9.17, 15) is 22.4 Å². The normalized spacial score (nSPS) is 12.5. The van der Waals surface area contributed by atoms with E-state index in [1.165, 1.54) is 6.07 Å². The molecule has 1 atom stereocenters. The second-order valence-corrected chi connectivity index (χ2v) is 7.63. The molecule has 0 radical (unpaired) electrons. The minimum atomic E-state index is -2.94. The first-order valence-corrected chi connectivity index (χ1v) is 9.55. The average molecular weight is 469 g/mol. The van der Waals surface area contributed by atoms with E-state index in [-0.39, 0.29) is 24.0 Å². The minimum absolute atomic E-state index is 0.113. The Labute approximate surface area is 185 Å². The van der Waals surface area contributed by atoms with Gasteiger partial charge in [-0.25, -0.2) is 23.5 Å². The number of nitrogens with one attached hydrogen (secondary N) is 1. The SMILES string of the molecule is CC(C)(C)OC(=O)NCC(Oc1ncc(-c2nnc(C(F)F)o2)cn1)c1c(F)cccc1F. The Morgan fingerprint density at radius 2 is 1.76 bits per heavy atom. The highest BCUT2D eigenvalue weighted by Gasteiger charge is 2.25. The molecule has 0 saturated heterocycles. The number of carbonyl (C=O) groups excluding carboxylic acids is 1. The molecular weight excluding hydrogens is 450 g/mol. The lowest BCUT2D eigenvalue weighted by Gasteiger charge is -2.23. The number of ether oxygens (including phenoxy) is 2. The lowest BCUT2D eigenvalue weighted by atomic mass is 10.1. The Hall–Kier alpha value is -3.77. The first-order chi connectivity index (χ1) is 15.5. The summed E-state index contributed by atoms with van der Waals surface area (Å²) in [5, 5.41) is 9.05. The number of carbonyl (C=O) groups is 1. The van der Waals surface area contributed by atoms with E-state index in [0.717, 1.165) is 24.5 Å². The third-order valence-corrected chi connectivity index (χ3v) is 3.90. The van der Waals surface area contributed by atoms with Crippen LogP contribution in [0.2, 0.25) is 0 Å². The molecule has 176 valence electrons. The lowest BCUT2D eigenvalue weighted by Crippen LogP contribution is -2.36. The number of halogens is 4. The molecule has 13 heteroatoms. The Morgan fingerprint density at radius 3 is 2.30 bits per heavy atom. The lowest BCUT2D eigenvalue weighted by molar-refractivity contribution is 0.0495. The van der Waals surface area contributed by atoms with Gasteiger partial charge >= 0.3 is 18.5 Å². The van der Waals surface area contributed by atoms with Crippen molar-refractivity contribution in [3.05, 3.63) is 53.7 Å². The first kappa shape index (κ1) is 23.9. The van der Waals surface area contributed by atoms with Crippen LogP contribution in [0.3, 0.4) is 0 Å². The Balaban J connectivity index is 1.80. The highest BCUT2D eigenvalue weighted by Crippen LogP contribution is 2.26. The van der Waals surface area contributed by atoms with E-state index < -0.39 is 47.3 Å². The predicted molar refractivity (Wildman–Crippen MR) is 104 cm³/mol. The van der Waals surface area contributed by atoms with Gasteiger partial charge in [0.1, 0.15) is 17.2 Å². The topological polar surface area (TPSA) is 112 Å². The molecule has 1 aromatic carbocycles. The summed E-state index contributed by atoms with van der Waals surface area (Å²) < 4.78 is 69.4. The smallest absolute Gasteiger partial charge is 0.407 e. The van der Waals surface area contributed by atoms with Gasteiger partial charge in [-0.2, -0.15) is 8.78 Å². The third-order valence-electron chi connectivity index (χ3n) is 3.90. The number of benzene rings is 1. The number of alkyl halides is 2. The van der Waals surface area contributed by atoms with E-state index in [1.54, 1.807) is 20.8 Å². The van der Waals surface area contributed by atoms with Gasteiger partial charge in [-0.05, 0) is 32.9 Å². The van der Waals surface area contributed by atoms with Crippen LogP contribution in [0.15, 0.2) is 35.0 Å². The number of rotatable bonds is 7. The van der Waals surface area contributed by atoms with Crippen LogP contribution in [0.4, 0.5) is 22.4 Å². The second-order valence-electron chi connectivity index (χ2n) is 7.63. The molecule has 1 unspecified atom stereocenters. The number of hydrogen-bond donors (Lipinski definition) is 1. The van der Waals surface area contributed by atoms with Crippen LogP contribution in [-0.4, -0.2) is 38.4 Å². The summed E-state index contributed by atoms with van der Waals surface area (Å²) >= 11 is 0. The quantitative estimate of drug-likeness (QED) is 0.507. The monoisotopic (exact) mass is 469 g/mol. The van der Waals surface area contributed by atoms with Crippen LogP contribution in [0.5, 0.6) is 6.01 Å². The zero-order chi connectivity index (χ0) is 24.2. The van der Waals surface area contributed by atoms with Crippen molar-refractivity contribution in [3.63, 3.8) is 0 Å². The summed E-state index contributed by atoms with van der Waals surface area (Å²) in [5.74, 6) is -2.94. The fourth-order valence-corrected chi connectivity index (χ4v) is 2.57. The van der Waals surface area contributed by atoms with Crippen molar-refractivity contribution in [1.29, 1.82) is 0 Å². The molecule has 0 aliphatic heterocycles. The van der Waals surface area contributed by atoms with Crippen molar-refractivity contribution in [1.82, 2.24) is 25.5 Å². The number of aromatic nitrogens is 4. The maximum absolute atomic E-state index is 14.4. The summed E-state index contributed by atoms with van der Waals surface area (Å²) in [4.78, 5) is 19.7. The number of hydrogen-bond acceptors (Lipinski definition) is 8. The Morgan fingerprint density at radius 1 is 1.12 bits per heavy atom. The predicted octanol–water partition coefficient (Wildman–Crippen LogP) is 4.39. The van der Waals surface area contributed by atoms with E-state index in [4.69, 9.17) is 13.9 Å². The summed E-state index contributed by atoms with van der Waals surface area (Å²) in [6, 6.07) is 2.92. The van der Waals surface area contributed by atoms with Crippen molar-refractivity contribution in [2.75, 3.05) is 6.54 Å². The standard InChI is InChI=1S/C20H19F4N5O4/c1-20(2,3)33-19(30)27-9-13(14-11(21)5-4-6-12(14)22)31-18-25-7-10(8-26-18)16-28-29-17(32-16)15(23)24/h4-8,13,15H,9H2,1-3H3,(H,27,30). The zero-order valence-corrected chi connectivity index (χ0v) is 17.7. The van der Waals surface area contributed by atoms with Crippen LogP contribution in [0.25, 0.3) is 11.5 Å². The molecular formula is C20H19F4N5O4.